The van der Waals surface area contributed by atoms with Crippen LogP contribution < -0.4 is 0 Å². The molecule has 0 aliphatic carbocycles. The van der Waals surface area contributed by atoms with Gasteiger partial charge in [-0.05, 0) is 25.0 Å². The highest BCUT2D eigenvalue weighted by molar-refractivity contribution is 5.64. The van der Waals surface area contributed by atoms with Crippen molar-refractivity contribution in [2.45, 2.75) is 25.5 Å². The summed E-state index contributed by atoms with van der Waals surface area (Å²) in [5.41, 5.74) is 1.08. The van der Waals surface area contributed by atoms with Crippen LogP contribution in [0, 0.1) is 11.6 Å². The SMILES string of the molecule is OC1CCN(Cc2cn[nH]c2-c2c(F)cccc2F)CC1. The molecule has 0 unspecified atom stereocenters. The van der Waals surface area contributed by atoms with E-state index in [1.807, 2.05) is 0 Å². The van der Waals surface area contributed by atoms with Gasteiger partial charge in [-0.25, -0.2) is 8.78 Å². The molecule has 1 aliphatic heterocycles. The van der Waals surface area contributed by atoms with Crippen molar-refractivity contribution in [3.63, 3.8) is 0 Å². The number of halogens is 2. The third kappa shape index (κ3) is 2.96. The van der Waals surface area contributed by atoms with Crippen molar-refractivity contribution in [2.24, 2.45) is 0 Å². The molecule has 0 saturated carbocycles. The van der Waals surface area contributed by atoms with Gasteiger partial charge in [-0.2, -0.15) is 5.10 Å². The molecule has 2 N–H and O–H groups in total. The zero-order chi connectivity index (χ0) is 14.8. The fraction of sp³-hybridized carbons (Fsp3) is 0.400. The molecule has 6 heteroatoms. The van der Waals surface area contributed by atoms with Gasteiger partial charge in [-0.1, -0.05) is 6.07 Å². The van der Waals surface area contributed by atoms with E-state index in [0.29, 0.717) is 12.2 Å². The molecule has 2 aromatic rings. The molecule has 3 rings (SSSR count). The highest BCUT2D eigenvalue weighted by Crippen LogP contribution is 2.28. The number of aliphatic hydroxyl groups is 1. The maximum absolute atomic E-state index is 13.9. The molecule has 0 amide bonds. The van der Waals surface area contributed by atoms with Crippen molar-refractivity contribution >= 4 is 0 Å². The van der Waals surface area contributed by atoms with E-state index in [0.717, 1.165) is 31.5 Å². The van der Waals surface area contributed by atoms with Gasteiger partial charge in [-0.15, -0.1) is 0 Å². The van der Waals surface area contributed by atoms with Crippen LogP contribution in [0.15, 0.2) is 24.4 Å². The molecular formula is C15H17F2N3O. The molecule has 0 radical (unpaired) electrons. The zero-order valence-electron chi connectivity index (χ0n) is 11.5. The number of aromatic amines is 1. The van der Waals surface area contributed by atoms with Gasteiger partial charge in [0.1, 0.15) is 11.6 Å². The van der Waals surface area contributed by atoms with Crippen molar-refractivity contribution in [3.05, 3.63) is 41.6 Å². The quantitative estimate of drug-likeness (QED) is 0.913. The lowest BCUT2D eigenvalue weighted by Gasteiger charge is -2.29. The summed E-state index contributed by atoms with van der Waals surface area (Å²) in [6.07, 6.45) is 2.81. The van der Waals surface area contributed by atoms with Crippen molar-refractivity contribution in [1.29, 1.82) is 0 Å². The van der Waals surface area contributed by atoms with E-state index in [4.69, 9.17) is 0 Å². The van der Waals surface area contributed by atoms with Crippen LogP contribution in [0.5, 0.6) is 0 Å². The molecule has 1 aliphatic rings. The first-order valence-electron chi connectivity index (χ1n) is 7.02. The summed E-state index contributed by atoms with van der Waals surface area (Å²) in [6.45, 7) is 2.10. The number of benzene rings is 1. The van der Waals surface area contributed by atoms with E-state index in [9.17, 15) is 13.9 Å². The fourth-order valence-electron chi connectivity index (χ4n) is 2.70. The lowest BCUT2D eigenvalue weighted by atomic mass is 10.0. The molecule has 2 heterocycles. The van der Waals surface area contributed by atoms with E-state index in [1.165, 1.54) is 18.2 Å². The van der Waals surface area contributed by atoms with E-state index in [1.54, 1.807) is 6.20 Å². The van der Waals surface area contributed by atoms with Crippen molar-refractivity contribution < 1.29 is 13.9 Å². The number of nitrogens with zero attached hydrogens (tertiary/aromatic N) is 2. The van der Waals surface area contributed by atoms with Crippen LogP contribution in [0.3, 0.4) is 0 Å². The van der Waals surface area contributed by atoms with Crippen LogP contribution >= 0.6 is 0 Å². The highest BCUT2D eigenvalue weighted by Gasteiger charge is 2.21. The fourth-order valence-corrected chi connectivity index (χ4v) is 2.70. The van der Waals surface area contributed by atoms with Crippen LogP contribution in [-0.2, 0) is 6.54 Å². The van der Waals surface area contributed by atoms with Crippen LogP contribution in [0.25, 0.3) is 11.3 Å². The second-order valence-corrected chi connectivity index (χ2v) is 5.37. The average molecular weight is 293 g/mol. The Morgan fingerprint density at radius 3 is 2.57 bits per heavy atom. The van der Waals surface area contributed by atoms with Crippen molar-refractivity contribution in [2.75, 3.05) is 13.1 Å². The first-order valence-corrected chi connectivity index (χ1v) is 7.02. The molecular weight excluding hydrogens is 276 g/mol. The van der Waals surface area contributed by atoms with Crippen LogP contribution in [0.4, 0.5) is 8.78 Å². The lowest BCUT2D eigenvalue weighted by Crippen LogP contribution is -2.35. The molecule has 1 aromatic heterocycles. The van der Waals surface area contributed by atoms with Gasteiger partial charge in [0, 0.05) is 25.2 Å². The summed E-state index contributed by atoms with van der Waals surface area (Å²) >= 11 is 0. The maximum Gasteiger partial charge on any atom is 0.135 e. The number of nitrogens with one attached hydrogen (secondary N) is 1. The Morgan fingerprint density at radius 2 is 1.90 bits per heavy atom. The molecule has 4 nitrogen and oxygen atoms in total. The van der Waals surface area contributed by atoms with Gasteiger partial charge < -0.3 is 5.11 Å². The van der Waals surface area contributed by atoms with E-state index in [-0.39, 0.29) is 11.7 Å². The van der Waals surface area contributed by atoms with E-state index < -0.39 is 11.6 Å². The Morgan fingerprint density at radius 1 is 1.24 bits per heavy atom. The van der Waals surface area contributed by atoms with Crippen LogP contribution in [-0.4, -0.2) is 39.4 Å². The van der Waals surface area contributed by atoms with Crippen molar-refractivity contribution in [1.82, 2.24) is 15.1 Å². The molecule has 1 saturated heterocycles. The monoisotopic (exact) mass is 293 g/mol. The first kappa shape index (κ1) is 14.2. The summed E-state index contributed by atoms with van der Waals surface area (Å²) in [4.78, 5) is 2.15. The summed E-state index contributed by atoms with van der Waals surface area (Å²) < 4.78 is 27.8. The molecule has 1 aromatic carbocycles. The second kappa shape index (κ2) is 5.91. The number of hydrogen-bond acceptors (Lipinski definition) is 3. The number of aromatic nitrogens is 2. The molecule has 112 valence electrons. The van der Waals surface area contributed by atoms with Crippen LogP contribution in [0.1, 0.15) is 18.4 Å². The number of hydrogen-bond donors (Lipinski definition) is 2. The third-order valence-electron chi connectivity index (χ3n) is 3.88. The number of likely N-dealkylation sites (tertiary alicyclic amines) is 1. The Hall–Kier alpha value is -1.79. The van der Waals surface area contributed by atoms with E-state index >= 15 is 0 Å². The second-order valence-electron chi connectivity index (χ2n) is 5.37. The average Bonchev–Trinajstić information content (AvgIpc) is 2.89. The smallest absolute Gasteiger partial charge is 0.135 e. The first-order chi connectivity index (χ1) is 10.1. The Balaban J connectivity index is 1.84. The Kier molecular flexibility index (Phi) is 3.98. The van der Waals surface area contributed by atoms with Gasteiger partial charge in [-0.3, -0.25) is 10.00 Å². The van der Waals surface area contributed by atoms with E-state index in [2.05, 4.69) is 15.1 Å². The van der Waals surface area contributed by atoms with Crippen molar-refractivity contribution in [3.8, 4) is 11.3 Å². The summed E-state index contributed by atoms with van der Waals surface area (Å²) in [7, 11) is 0. The molecule has 0 atom stereocenters. The predicted octanol–water partition coefficient (Wildman–Crippen LogP) is 2.31. The van der Waals surface area contributed by atoms with Gasteiger partial charge in [0.2, 0.25) is 0 Å². The minimum atomic E-state index is -0.602. The summed E-state index contributed by atoms with van der Waals surface area (Å²) in [5.74, 6) is -1.20. The zero-order valence-corrected chi connectivity index (χ0v) is 11.5. The summed E-state index contributed by atoms with van der Waals surface area (Å²) in [6, 6.07) is 3.82. The number of aliphatic hydroxyl groups excluding tert-OH is 1. The normalized spacial score (nSPS) is 17.3. The number of rotatable bonds is 3. The molecule has 0 spiro atoms. The predicted molar refractivity (Wildman–Crippen MR) is 74.5 cm³/mol. The third-order valence-corrected chi connectivity index (χ3v) is 3.88. The van der Waals surface area contributed by atoms with Gasteiger partial charge >= 0.3 is 0 Å². The molecule has 21 heavy (non-hydrogen) atoms. The Bertz CT molecular complexity index is 601. The lowest BCUT2D eigenvalue weighted by molar-refractivity contribution is 0.0793. The largest absolute Gasteiger partial charge is 0.393 e. The standard InChI is InChI=1S/C15H17F2N3O/c16-12-2-1-3-13(17)14(12)15-10(8-18-19-15)9-20-6-4-11(21)5-7-20/h1-3,8,11,21H,4-7,9H2,(H,18,19). The minimum absolute atomic E-state index is 0.0676. The maximum atomic E-state index is 13.9. The minimum Gasteiger partial charge on any atom is -0.393 e. The summed E-state index contributed by atoms with van der Waals surface area (Å²) in [5, 5.41) is 16.1. The topological polar surface area (TPSA) is 52.1 Å². The molecule has 0 bridgehead atoms. The van der Waals surface area contributed by atoms with Gasteiger partial charge in [0.25, 0.3) is 0 Å². The van der Waals surface area contributed by atoms with Crippen LogP contribution in [0.2, 0.25) is 0 Å². The van der Waals surface area contributed by atoms with Gasteiger partial charge in [0.15, 0.2) is 0 Å². The highest BCUT2D eigenvalue weighted by atomic mass is 19.1. The Labute approximate surface area is 121 Å². The molecule has 1 fully saturated rings. The number of H-pyrrole nitrogens is 1. The van der Waals surface area contributed by atoms with Gasteiger partial charge in [0.05, 0.1) is 23.6 Å². The number of piperidine rings is 1.